The second-order valence-electron chi connectivity index (χ2n) is 4.40. The predicted molar refractivity (Wildman–Crippen MR) is 45.7 cm³/mol. The zero-order chi connectivity index (χ0) is 8.60. The average molecular weight is 171 g/mol. The van der Waals surface area contributed by atoms with Crippen LogP contribution >= 0.6 is 0 Å². The van der Waals surface area contributed by atoms with Gasteiger partial charge in [0.1, 0.15) is 0 Å². The van der Waals surface area contributed by atoms with Crippen LogP contribution in [0.25, 0.3) is 0 Å². The summed E-state index contributed by atoms with van der Waals surface area (Å²) in [5.74, 6) is 1.40. The van der Waals surface area contributed by atoms with Gasteiger partial charge >= 0.3 is 0 Å². The maximum absolute atomic E-state index is 9.19. The molecule has 1 aliphatic carbocycles. The highest BCUT2D eigenvalue weighted by Gasteiger charge is 2.46. The Bertz CT molecular complexity index is 154. The van der Waals surface area contributed by atoms with Crippen LogP contribution in [0.4, 0.5) is 0 Å². The first-order valence-electron chi connectivity index (χ1n) is 4.72. The van der Waals surface area contributed by atoms with E-state index in [-0.39, 0.29) is 18.6 Å². The summed E-state index contributed by atoms with van der Waals surface area (Å²) in [5.41, 5.74) is -0.155. The molecule has 1 saturated carbocycles. The van der Waals surface area contributed by atoms with E-state index >= 15 is 0 Å². The molecule has 0 aromatic carbocycles. The van der Waals surface area contributed by atoms with Crippen molar-refractivity contribution in [1.29, 1.82) is 0 Å². The molecule has 2 atom stereocenters. The Labute approximate surface area is 72.8 Å². The lowest BCUT2D eigenvalue weighted by Crippen LogP contribution is -2.29. The van der Waals surface area contributed by atoms with Crippen LogP contribution < -0.4 is 5.32 Å². The van der Waals surface area contributed by atoms with Crippen molar-refractivity contribution in [3.8, 4) is 0 Å². The molecule has 3 N–H and O–H groups in total. The molecule has 2 rings (SSSR count). The number of aliphatic hydroxyl groups is 2. The fraction of sp³-hybridized carbons (Fsp3) is 1.00. The van der Waals surface area contributed by atoms with Gasteiger partial charge in [0, 0.05) is 5.41 Å². The van der Waals surface area contributed by atoms with Crippen LogP contribution in [0, 0.1) is 17.3 Å². The summed E-state index contributed by atoms with van der Waals surface area (Å²) in [6.45, 7) is 2.45. The Morgan fingerprint density at radius 2 is 1.58 bits per heavy atom. The highest BCUT2D eigenvalue weighted by molar-refractivity contribution is 4.97. The molecule has 12 heavy (non-hydrogen) atoms. The van der Waals surface area contributed by atoms with E-state index in [9.17, 15) is 10.2 Å². The largest absolute Gasteiger partial charge is 0.396 e. The second kappa shape index (κ2) is 2.98. The number of aliphatic hydroxyl groups excluding tert-OH is 2. The molecule has 1 heterocycles. The molecule has 2 aliphatic rings. The molecule has 0 radical (unpaired) electrons. The first-order chi connectivity index (χ1) is 5.79. The van der Waals surface area contributed by atoms with Gasteiger partial charge in [0.25, 0.3) is 0 Å². The van der Waals surface area contributed by atoms with Crippen molar-refractivity contribution in [1.82, 2.24) is 5.32 Å². The van der Waals surface area contributed by atoms with Crippen molar-refractivity contribution < 1.29 is 10.2 Å². The van der Waals surface area contributed by atoms with Gasteiger partial charge in [-0.2, -0.15) is 0 Å². The van der Waals surface area contributed by atoms with Crippen molar-refractivity contribution in [2.24, 2.45) is 17.3 Å². The Kier molecular flexibility index (Phi) is 2.10. The molecule has 2 fully saturated rings. The standard InChI is InChI=1S/C9H17NO2/c11-5-9(6-12)1-7-3-10-4-8(7)2-9/h7-8,10-12H,1-6H2/t7-,8-/m1/s1. The third-order valence-corrected chi connectivity index (χ3v) is 3.54. The molecule has 3 heteroatoms. The van der Waals surface area contributed by atoms with Gasteiger partial charge in [0.05, 0.1) is 13.2 Å². The van der Waals surface area contributed by atoms with Crippen LogP contribution in [-0.2, 0) is 0 Å². The van der Waals surface area contributed by atoms with E-state index in [1.54, 1.807) is 0 Å². The molecule has 1 aliphatic heterocycles. The maximum atomic E-state index is 9.19. The highest BCUT2D eigenvalue weighted by atomic mass is 16.3. The highest BCUT2D eigenvalue weighted by Crippen LogP contribution is 2.46. The SMILES string of the molecule is OCC1(CO)C[C@@H]2CNC[C@H]2C1. The normalized spacial score (nSPS) is 38.5. The zero-order valence-corrected chi connectivity index (χ0v) is 7.29. The van der Waals surface area contributed by atoms with E-state index in [4.69, 9.17) is 0 Å². The lowest BCUT2D eigenvalue weighted by Gasteiger charge is -2.24. The maximum Gasteiger partial charge on any atom is 0.0509 e. The minimum atomic E-state index is -0.155. The monoisotopic (exact) mass is 171 g/mol. The molecular weight excluding hydrogens is 154 g/mol. The molecule has 0 aromatic rings. The lowest BCUT2D eigenvalue weighted by molar-refractivity contribution is 0.0537. The molecule has 0 aromatic heterocycles. The number of fused-ring (bicyclic) bond motifs is 1. The van der Waals surface area contributed by atoms with Crippen molar-refractivity contribution in [2.75, 3.05) is 26.3 Å². The van der Waals surface area contributed by atoms with Gasteiger partial charge in [-0.3, -0.25) is 0 Å². The van der Waals surface area contributed by atoms with Crippen LogP contribution in [0.3, 0.4) is 0 Å². The van der Waals surface area contributed by atoms with Crippen molar-refractivity contribution in [3.05, 3.63) is 0 Å². The second-order valence-corrected chi connectivity index (χ2v) is 4.40. The topological polar surface area (TPSA) is 52.5 Å². The first kappa shape index (κ1) is 8.48. The van der Waals surface area contributed by atoms with E-state index in [1.165, 1.54) is 0 Å². The Morgan fingerprint density at radius 1 is 1.08 bits per heavy atom. The molecule has 0 bridgehead atoms. The number of hydrogen-bond donors (Lipinski definition) is 3. The number of hydrogen-bond acceptors (Lipinski definition) is 3. The summed E-state index contributed by atoms with van der Waals surface area (Å²) in [6, 6.07) is 0. The molecule has 70 valence electrons. The van der Waals surface area contributed by atoms with Crippen LogP contribution in [-0.4, -0.2) is 36.5 Å². The summed E-state index contributed by atoms with van der Waals surface area (Å²) in [7, 11) is 0. The van der Waals surface area contributed by atoms with Crippen LogP contribution in [0.5, 0.6) is 0 Å². The summed E-state index contributed by atoms with van der Waals surface area (Å²) in [6.07, 6.45) is 2.00. The van der Waals surface area contributed by atoms with Gasteiger partial charge < -0.3 is 15.5 Å². The average Bonchev–Trinajstić information content (AvgIpc) is 2.61. The first-order valence-corrected chi connectivity index (χ1v) is 4.72. The molecule has 3 nitrogen and oxygen atoms in total. The van der Waals surface area contributed by atoms with Gasteiger partial charge in [-0.1, -0.05) is 0 Å². The third-order valence-electron chi connectivity index (χ3n) is 3.54. The molecule has 0 spiro atoms. The Morgan fingerprint density at radius 3 is 2.00 bits per heavy atom. The van der Waals surface area contributed by atoms with E-state index in [0.29, 0.717) is 11.8 Å². The minimum Gasteiger partial charge on any atom is -0.396 e. The summed E-state index contributed by atoms with van der Waals surface area (Å²) in [5, 5.41) is 21.7. The Balaban J connectivity index is 2.05. The number of rotatable bonds is 2. The zero-order valence-electron chi connectivity index (χ0n) is 7.29. The third kappa shape index (κ3) is 1.16. The lowest BCUT2D eigenvalue weighted by atomic mass is 9.86. The van der Waals surface area contributed by atoms with E-state index in [1.807, 2.05) is 0 Å². The van der Waals surface area contributed by atoms with E-state index < -0.39 is 0 Å². The predicted octanol–water partition coefficient (Wildman–Crippen LogP) is -0.413. The van der Waals surface area contributed by atoms with Gasteiger partial charge in [-0.15, -0.1) is 0 Å². The van der Waals surface area contributed by atoms with E-state index in [0.717, 1.165) is 25.9 Å². The van der Waals surface area contributed by atoms with Gasteiger partial charge in [-0.05, 0) is 37.8 Å². The van der Waals surface area contributed by atoms with Gasteiger partial charge in [0.2, 0.25) is 0 Å². The smallest absolute Gasteiger partial charge is 0.0509 e. The van der Waals surface area contributed by atoms with Crippen LogP contribution in [0.2, 0.25) is 0 Å². The molecule has 0 amide bonds. The summed E-state index contributed by atoms with van der Waals surface area (Å²) in [4.78, 5) is 0. The molecule has 1 saturated heterocycles. The quantitative estimate of drug-likeness (QED) is 0.529. The van der Waals surface area contributed by atoms with Crippen molar-refractivity contribution >= 4 is 0 Å². The molecule has 0 unspecified atom stereocenters. The van der Waals surface area contributed by atoms with Crippen LogP contribution in [0.15, 0.2) is 0 Å². The Hall–Kier alpha value is -0.120. The summed E-state index contributed by atoms with van der Waals surface area (Å²) < 4.78 is 0. The van der Waals surface area contributed by atoms with Crippen LogP contribution in [0.1, 0.15) is 12.8 Å². The van der Waals surface area contributed by atoms with Crippen molar-refractivity contribution in [3.63, 3.8) is 0 Å². The molecular formula is C9H17NO2. The fourth-order valence-corrected chi connectivity index (χ4v) is 2.77. The fourth-order valence-electron chi connectivity index (χ4n) is 2.77. The van der Waals surface area contributed by atoms with Gasteiger partial charge in [0.15, 0.2) is 0 Å². The number of nitrogens with one attached hydrogen (secondary N) is 1. The summed E-state index contributed by atoms with van der Waals surface area (Å²) >= 11 is 0. The van der Waals surface area contributed by atoms with Gasteiger partial charge in [-0.25, -0.2) is 0 Å². The van der Waals surface area contributed by atoms with E-state index in [2.05, 4.69) is 5.32 Å². The van der Waals surface area contributed by atoms with Crippen molar-refractivity contribution in [2.45, 2.75) is 12.8 Å². The minimum absolute atomic E-state index is 0.149.